The topological polar surface area (TPSA) is 37.8 Å². The van der Waals surface area contributed by atoms with E-state index in [1.807, 2.05) is 6.07 Å². The number of nitrogens with zero attached hydrogens (tertiary/aromatic N) is 2. The molecule has 0 fully saturated rings. The Kier molecular flexibility index (Phi) is 2.99. The molecule has 4 heteroatoms. The molecule has 16 heavy (non-hydrogen) atoms. The summed E-state index contributed by atoms with van der Waals surface area (Å²) in [7, 11) is 0. The van der Waals surface area contributed by atoms with E-state index in [0.717, 1.165) is 11.8 Å². The van der Waals surface area contributed by atoms with E-state index in [-0.39, 0.29) is 5.82 Å². The summed E-state index contributed by atoms with van der Waals surface area (Å²) in [5.74, 6) is 0.381. The first-order valence-electron chi connectivity index (χ1n) is 5.38. The van der Waals surface area contributed by atoms with Gasteiger partial charge in [0.15, 0.2) is 0 Å². The second-order valence-electron chi connectivity index (χ2n) is 3.81. The number of hydrogen-bond donors (Lipinski definition) is 1. The third-order valence-electron chi connectivity index (χ3n) is 2.61. The summed E-state index contributed by atoms with van der Waals surface area (Å²) in [6, 6.07) is 5.20. The SMILES string of the molecule is CCC(C)Nc1ncnc2c(F)cccc12. The standard InChI is InChI=1S/C12H14FN3/c1-3-8(2)16-12-9-5-4-6-10(13)11(9)14-7-15-12/h4-8H,3H2,1-2H3,(H,14,15,16). The highest BCUT2D eigenvalue weighted by atomic mass is 19.1. The van der Waals surface area contributed by atoms with Crippen LogP contribution < -0.4 is 5.32 Å². The van der Waals surface area contributed by atoms with Crippen LogP contribution in [-0.4, -0.2) is 16.0 Å². The lowest BCUT2D eigenvalue weighted by molar-refractivity contribution is 0.636. The predicted molar refractivity (Wildman–Crippen MR) is 62.9 cm³/mol. The van der Waals surface area contributed by atoms with Gasteiger partial charge in [-0.1, -0.05) is 13.0 Å². The van der Waals surface area contributed by atoms with Crippen molar-refractivity contribution in [2.75, 3.05) is 5.32 Å². The normalized spacial score (nSPS) is 12.7. The van der Waals surface area contributed by atoms with E-state index >= 15 is 0 Å². The van der Waals surface area contributed by atoms with Crippen molar-refractivity contribution in [1.29, 1.82) is 0 Å². The Bertz CT molecular complexity index is 499. The van der Waals surface area contributed by atoms with Crippen LogP contribution in [0.5, 0.6) is 0 Å². The molecule has 1 unspecified atom stereocenters. The molecule has 0 amide bonds. The molecule has 1 aromatic carbocycles. The van der Waals surface area contributed by atoms with Gasteiger partial charge in [0.25, 0.3) is 0 Å². The zero-order valence-electron chi connectivity index (χ0n) is 9.37. The fraction of sp³-hybridized carbons (Fsp3) is 0.333. The minimum atomic E-state index is -0.313. The van der Waals surface area contributed by atoms with Crippen molar-refractivity contribution in [3.05, 3.63) is 30.3 Å². The molecule has 0 aliphatic carbocycles. The van der Waals surface area contributed by atoms with Crippen molar-refractivity contribution in [1.82, 2.24) is 9.97 Å². The summed E-state index contributed by atoms with van der Waals surface area (Å²) in [6.07, 6.45) is 2.37. The zero-order chi connectivity index (χ0) is 11.5. The summed E-state index contributed by atoms with van der Waals surface area (Å²) in [6.45, 7) is 4.15. The fourth-order valence-electron chi connectivity index (χ4n) is 1.50. The van der Waals surface area contributed by atoms with Gasteiger partial charge in [-0.2, -0.15) is 0 Å². The first-order valence-corrected chi connectivity index (χ1v) is 5.38. The monoisotopic (exact) mass is 219 g/mol. The number of anilines is 1. The number of fused-ring (bicyclic) bond motifs is 1. The molecule has 0 aliphatic heterocycles. The van der Waals surface area contributed by atoms with Gasteiger partial charge in [-0.15, -0.1) is 0 Å². The lowest BCUT2D eigenvalue weighted by atomic mass is 10.2. The van der Waals surface area contributed by atoms with Crippen LogP contribution in [0, 0.1) is 5.82 Å². The Morgan fingerprint density at radius 1 is 1.38 bits per heavy atom. The lowest BCUT2D eigenvalue weighted by Gasteiger charge is -2.13. The summed E-state index contributed by atoms with van der Waals surface area (Å²) >= 11 is 0. The van der Waals surface area contributed by atoms with Gasteiger partial charge >= 0.3 is 0 Å². The highest BCUT2D eigenvalue weighted by Gasteiger charge is 2.08. The number of rotatable bonds is 3. The zero-order valence-corrected chi connectivity index (χ0v) is 9.37. The van der Waals surface area contributed by atoms with Crippen LogP contribution in [0.1, 0.15) is 20.3 Å². The maximum absolute atomic E-state index is 13.5. The predicted octanol–water partition coefficient (Wildman–Crippen LogP) is 2.98. The van der Waals surface area contributed by atoms with Crippen molar-refractivity contribution in [3.8, 4) is 0 Å². The van der Waals surface area contributed by atoms with Gasteiger partial charge in [0.2, 0.25) is 0 Å². The van der Waals surface area contributed by atoms with Crippen LogP contribution in [0.3, 0.4) is 0 Å². The van der Waals surface area contributed by atoms with Crippen molar-refractivity contribution < 1.29 is 4.39 Å². The van der Waals surface area contributed by atoms with Gasteiger partial charge in [0.05, 0.1) is 0 Å². The van der Waals surface area contributed by atoms with Crippen molar-refractivity contribution in [2.45, 2.75) is 26.3 Å². The summed E-state index contributed by atoms with van der Waals surface area (Å²) < 4.78 is 13.5. The van der Waals surface area contributed by atoms with Crippen molar-refractivity contribution in [3.63, 3.8) is 0 Å². The first kappa shape index (κ1) is 10.8. The molecule has 84 valence electrons. The molecule has 1 atom stereocenters. The second-order valence-corrected chi connectivity index (χ2v) is 3.81. The number of nitrogens with one attached hydrogen (secondary N) is 1. The number of benzene rings is 1. The molecule has 0 saturated heterocycles. The van der Waals surface area contributed by atoms with Gasteiger partial charge in [-0.3, -0.25) is 0 Å². The van der Waals surface area contributed by atoms with E-state index in [4.69, 9.17) is 0 Å². The molecule has 0 bridgehead atoms. The van der Waals surface area contributed by atoms with E-state index in [9.17, 15) is 4.39 Å². The van der Waals surface area contributed by atoms with E-state index in [1.54, 1.807) is 6.07 Å². The summed E-state index contributed by atoms with van der Waals surface area (Å²) in [5, 5.41) is 3.97. The molecular weight excluding hydrogens is 205 g/mol. The Balaban J connectivity index is 2.50. The summed E-state index contributed by atoms with van der Waals surface area (Å²) in [5.41, 5.74) is 0.364. The third kappa shape index (κ3) is 1.96. The molecule has 0 saturated carbocycles. The Morgan fingerprint density at radius 3 is 2.94 bits per heavy atom. The molecule has 0 aliphatic rings. The van der Waals surface area contributed by atoms with Crippen LogP contribution in [-0.2, 0) is 0 Å². The minimum absolute atomic E-state index is 0.307. The highest BCUT2D eigenvalue weighted by molar-refractivity contribution is 5.89. The maximum atomic E-state index is 13.5. The van der Waals surface area contributed by atoms with Gasteiger partial charge in [0.1, 0.15) is 23.5 Å². The molecular formula is C12H14FN3. The van der Waals surface area contributed by atoms with Crippen LogP contribution >= 0.6 is 0 Å². The molecule has 2 aromatic rings. The van der Waals surface area contributed by atoms with E-state index in [0.29, 0.717) is 17.4 Å². The number of halogens is 1. The van der Waals surface area contributed by atoms with Gasteiger partial charge in [-0.05, 0) is 25.5 Å². The molecule has 3 nitrogen and oxygen atoms in total. The highest BCUT2D eigenvalue weighted by Crippen LogP contribution is 2.21. The van der Waals surface area contributed by atoms with E-state index in [1.165, 1.54) is 12.4 Å². The minimum Gasteiger partial charge on any atom is -0.367 e. The number of hydrogen-bond acceptors (Lipinski definition) is 3. The van der Waals surface area contributed by atoms with Crippen LogP contribution in [0.2, 0.25) is 0 Å². The molecule has 1 aromatic heterocycles. The van der Waals surface area contributed by atoms with Crippen molar-refractivity contribution in [2.24, 2.45) is 0 Å². The molecule has 2 rings (SSSR count). The van der Waals surface area contributed by atoms with Crippen LogP contribution in [0.15, 0.2) is 24.5 Å². The fourth-order valence-corrected chi connectivity index (χ4v) is 1.50. The maximum Gasteiger partial charge on any atom is 0.149 e. The van der Waals surface area contributed by atoms with Crippen molar-refractivity contribution >= 4 is 16.7 Å². The summed E-state index contributed by atoms with van der Waals surface area (Å²) in [4.78, 5) is 8.10. The number of aromatic nitrogens is 2. The quantitative estimate of drug-likeness (QED) is 0.862. The van der Waals surface area contributed by atoms with Gasteiger partial charge in [0, 0.05) is 11.4 Å². The third-order valence-corrected chi connectivity index (χ3v) is 2.61. The lowest BCUT2D eigenvalue weighted by Crippen LogP contribution is -2.14. The Hall–Kier alpha value is -1.71. The smallest absolute Gasteiger partial charge is 0.149 e. The number of para-hydroxylation sites is 1. The molecule has 0 radical (unpaired) electrons. The average molecular weight is 219 g/mol. The average Bonchev–Trinajstić information content (AvgIpc) is 2.30. The largest absolute Gasteiger partial charge is 0.367 e. The molecule has 0 spiro atoms. The molecule has 1 heterocycles. The van der Waals surface area contributed by atoms with Crippen LogP contribution in [0.25, 0.3) is 10.9 Å². The van der Waals surface area contributed by atoms with E-state index < -0.39 is 0 Å². The van der Waals surface area contributed by atoms with Crippen LogP contribution in [0.4, 0.5) is 10.2 Å². The molecule has 1 N–H and O–H groups in total. The Morgan fingerprint density at radius 2 is 2.19 bits per heavy atom. The van der Waals surface area contributed by atoms with Gasteiger partial charge < -0.3 is 5.32 Å². The van der Waals surface area contributed by atoms with E-state index in [2.05, 4.69) is 29.1 Å². The second kappa shape index (κ2) is 4.43. The first-order chi connectivity index (χ1) is 7.72. The van der Waals surface area contributed by atoms with Gasteiger partial charge in [-0.25, -0.2) is 14.4 Å². The Labute approximate surface area is 93.7 Å².